The van der Waals surface area contributed by atoms with Crippen LogP contribution in [0, 0.1) is 0 Å². The molecule has 5 nitrogen and oxygen atoms in total. The molecule has 2 aliphatic heterocycles. The van der Waals surface area contributed by atoms with Crippen molar-refractivity contribution in [2.24, 2.45) is 0 Å². The van der Waals surface area contributed by atoms with Crippen LogP contribution in [0.25, 0.3) is 11.3 Å². The molecule has 2 fully saturated rings. The summed E-state index contributed by atoms with van der Waals surface area (Å²) in [5.41, 5.74) is 1.73. The number of rotatable bonds is 6. The van der Waals surface area contributed by atoms with Gasteiger partial charge in [-0.3, -0.25) is 0 Å². The minimum absolute atomic E-state index is 0.532. The summed E-state index contributed by atoms with van der Waals surface area (Å²) in [6.07, 6.45) is 5.03. The number of hydrogen-bond acceptors (Lipinski definition) is 5. The minimum atomic E-state index is 0.532. The number of anilines is 1. The number of likely N-dealkylation sites (tertiary alicyclic amines) is 1. The molecule has 0 unspecified atom stereocenters. The number of nitrogens with one attached hydrogen (secondary N) is 1. The summed E-state index contributed by atoms with van der Waals surface area (Å²) in [7, 11) is 0. The highest BCUT2D eigenvalue weighted by atomic mass is 35.5. The number of hydrogen-bond donors (Lipinski definition) is 1. The Morgan fingerprint density at radius 3 is 2.39 bits per heavy atom. The van der Waals surface area contributed by atoms with Crippen molar-refractivity contribution in [2.45, 2.75) is 31.7 Å². The van der Waals surface area contributed by atoms with Crippen LogP contribution in [0.15, 0.2) is 30.3 Å². The van der Waals surface area contributed by atoms with Crippen LogP contribution in [0.3, 0.4) is 0 Å². The number of nitrogens with zero attached hydrogens (tertiary/aromatic N) is 4. The Morgan fingerprint density at radius 2 is 1.71 bits per heavy atom. The van der Waals surface area contributed by atoms with E-state index in [1.807, 2.05) is 24.3 Å². The highest BCUT2D eigenvalue weighted by Gasteiger charge is 2.20. The molecule has 0 amide bonds. The third kappa shape index (κ3) is 4.95. The van der Waals surface area contributed by atoms with Crippen LogP contribution in [-0.4, -0.2) is 60.4 Å². The van der Waals surface area contributed by atoms with Gasteiger partial charge in [-0.1, -0.05) is 29.3 Å². The SMILES string of the molecule is Clc1ccc(-c2ccc(N3CCC(NCCN4CCCC4)CC3)nn2)cc1Cl. The topological polar surface area (TPSA) is 44.3 Å². The van der Waals surface area contributed by atoms with Crippen LogP contribution in [0.1, 0.15) is 25.7 Å². The Labute approximate surface area is 177 Å². The third-order valence-electron chi connectivity index (χ3n) is 5.74. The first kappa shape index (κ1) is 19.9. The number of halogens is 2. The molecule has 0 saturated carbocycles. The van der Waals surface area contributed by atoms with E-state index in [0.29, 0.717) is 16.1 Å². The van der Waals surface area contributed by atoms with Gasteiger partial charge in [-0.25, -0.2) is 0 Å². The van der Waals surface area contributed by atoms with E-state index in [4.69, 9.17) is 23.2 Å². The molecule has 0 spiro atoms. The number of piperidine rings is 1. The second-order valence-electron chi connectivity index (χ2n) is 7.67. The molecular weight excluding hydrogens is 393 g/mol. The molecule has 0 atom stereocenters. The zero-order chi connectivity index (χ0) is 19.3. The predicted octanol–water partition coefficient (Wildman–Crippen LogP) is 4.10. The van der Waals surface area contributed by atoms with Crippen LogP contribution in [0.4, 0.5) is 5.82 Å². The van der Waals surface area contributed by atoms with Crippen molar-refractivity contribution in [3.63, 3.8) is 0 Å². The maximum Gasteiger partial charge on any atom is 0.151 e. The molecule has 0 bridgehead atoms. The zero-order valence-electron chi connectivity index (χ0n) is 16.1. The lowest BCUT2D eigenvalue weighted by molar-refractivity contribution is 0.316. The molecule has 0 radical (unpaired) electrons. The Kier molecular flexibility index (Phi) is 6.68. The van der Waals surface area contributed by atoms with Gasteiger partial charge >= 0.3 is 0 Å². The smallest absolute Gasteiger partial charge is 0.151 e. The number of benzene rings is 1. The molecule has 1 N–H and O–H groups in total. The van der Waals surface area contributed by atoms with Gasteiger partial charge in [0.2, 0.25) is 0 Å². The Morgan fingerprint density at radius 1 is 0.929 bits per heavy atom. The van der Waals surface area contributed by atoms with Gasteiger partial charge in [0.05, 0.1) is 15.7 Å². The predicted molar refractivity (Wildman–Crippen MR) is 116 cm³/mol. The molecule has 3 heterocycles. The molecule has 2 aromatic rings. The van der Waals surface area contributed by atoms with E-state index < -0.39 is 0 Å². The summed E-state index contributed by atoms with van der Waals surface area (Å²) in [4.78, 5) is 4.89. The van der Waals surface area contributed by atoms with Gasteiger partial charge in [0.25, 0.3) is 0 Å². The fourth-order valence-electron chi connectivity index (χ4n) is 4.05. The monoisotopic (exact) mass is 419 g/mol. The molecule has 2 saturated heterocycles. The van der Waals surface area contributed by atoms with Crippen molar-refractivity contribution in [1.29, 1.82) is 0 Å². The lowest BCUT2D eigenvalue weighted by atomic mass is 10.0. The maximum absolute atomic E-state index is 6.11. The lowest BCUT2D eigenvalue weighted by Gasteiger charge is -2.33. The Hall–Kier alpha value is -1.40. The molecular formula is C21H27Cl2N5. The van der Waals surface area contributed by atoms with Gasteiger partial charge in [-0.15, -0.1) is 10.2 Å². The van der Waals surface area contributed by atoms with Crippen LogP contribution in [0.2, 0.25) is 10.0 Å². The second-order valence-corrected chi connectivity index (χ2v) is 8.48. The van der Waals surface area contributed by atoms with Crippen molar-refractivity contribution in [1.82, 2.24) is 20.4 Å². The maximum atomic E-state index is 6.11. The fraction of sp³-hybridized carbons (Fsp3) is 0.524. The fourth-order valence-corrected chi connectivity index (χ4v) is 4.35. The number of aromatic nitrogens is 2. The van der Waals surface area contributed by atoms with Gasteiger partial charge in [0.1, 0.15) is 0 Å². The first-order valence-corrected chi connectivity index (χ1v) is 10.9. The second kappa shape index (κ2) is 9.40. The summed E-state index contributed by atoms with van der Waals surface area (Å²) < 4.78 is 0. The summed E-state index contributed by atoms with van der Waals surface area (Å²) in [6.45, 7) is 6.86. The molecule has 0 aliphatic carbocycles. The van der Waals surface area contributed by atoms with Crippen LogP contribution < -0.4 is 10.2 Å². The summed E-state index contributed by atoms with van der Waals surface area (Å²) in [5, 5.41) is 13.6. The lowest BCUT2D eigenvalue weighted by Crippen LogP contribution is -2.44. The first-order valence-electron chi connectivity index (χ1n) is 10.2. The summed E-state index contributed by atoms with van der Waals surface area (Å²) in [5.74, 6) is 0.944. The Bertz CT molecular complexity index is 769. The molecule has 2 aliphatic rings. The van der Waals surface area contributed by atoms with E-state index in [-0.39, 0.29) is 0 Å². The van der Waals surface area contributed by atoms with Crippen molar-refractivity contribution >= 4 is 29.0 Å². The van der Waals surface area contributed by atoms with Crippen LogP contribution >= 0.6 is 23.2 Å². The van der Waals surface area contributed by atoms with Crippen LogP contribution in [-0.2, 0) is 0 Å². The van der Waals surface area contributed by atoms with Gasteiger partial charge in [-0.2, -0.15) is 0 Å². The standard InChI is InChI=1S/C21H27Cl2N5/c22-18-4-3-16(15-19(18)23)20-5-6-21(26-25-20)28-12-7-17(8-13-28)24-9-14-27-10-1-2-11-27/h3-6,15,17,24H,1-2,7-14H2. The highest BCUT2D eigenvalue weighted by Crippen LogP contribution is 2.28. The first-order chi connectivity index (χ1) is 13.7. The van der Waals surface area contributed by atoms with Gasteiger partial charge in [0, 0.05) is 37.8 Å². The normalized spacial score (nSPS) is 18.7. The summed E-state index contributed by atoms with van der Waals surface area (Å²) in [6, 6.07) is 10.2. The third-order valence-corrected chi connectivity index (χ3v) is 6.48. The molecule has 1 aromatic carbocycles. The highest BCUT2D eigenvalue weighted by molar-refractivity contribution is 6.42. The van der Waals surface area contributed by atoms with Gasteiger partial charge < -0.3 is 15.1 Å². The van der Waals surface area contributed by atoms with E-state index >= 15 is 0 Å². The van der Waals surface area contributed by atoms with E-state index in [9.17, 15) is 0 Å². The van der Waals surface area contributed by atoms with Gasteiger partial charge in [0.15, 0.2) is 5.82 Å². The van der Waals surface area contributed by atoms with E-state index in [2.05, 4.69) is 25.3 Å². The molecule has 1 aromatic heterocycles. The van der Waals surface area contributed by atoms with E-state index in [1.165, 1.54) is 32.5 Å². The van der Waals surface area contributed by atoms with Crippen LogP contribution in [0.5, 0.6) is 0 Å². The molecule has 150 valence electrons. The van der Waals surface area contributed by atoms with E-state index in [1.54, 1.807) is 6.07 Å². The quantitative estimate of drug-likeness (QED) is 0.762. The average molecular weight is 420 g/mol. The molecule has 28 heavy (non-hydrogen) atoms. The summed E-state index contributed by atoms with van der Waals surface area (Å²) >= 11 is 12.1. The van der Waals surface area contributed by atoms with Crippen molar-refractivity contribution < 1.29 is 0 Å². The minimum Gasteiger partial charge on any atom is -0.355 e. The van der Waals surface area contributed by atoms with Gasteiger partial charge in [-0.05, 0) is 63.0 Å². The molecule has 4 rings (SSSR count). The Balaban J connectivity index is 1.26. The van der Waals surface area contributed by atoms with Crippen molar-refractivity contribution in [3.05, 3.63) is 40.4 Å². The molecule has 7 heteroatoms. The van der Waals surface area contributed by atoms with Crippen molar-refractivity contribution in [3.8, 4) is 11.3 Å². The zero-order valence-corrected chi connectivity index (χ0v) is 17.6. The average Bonchev–Trinajstić information content (AvgIpc) is 3.24. The van der Waals surface area contributed by atoms with Crippen molar-refractivity contribution in [2.75, 3.05) is 44.2 Å². The largest absolute Gasteiger partial charge is 0.355 e. The van der Waals surface area contributed by atoms with E-state index in [0.717, 1.165) is 49.6 Å².